The minimum absolute atomic E-state index is 0.0798. The molecule has 1 aromatic carbocycles. The van der Waals surface area contributed by atoms with Crippen molar-refractivity contribution >= 4 is 16.9 Å². The molecule has 0 unspecified atom stereocenters. The summed E-state index contributed by atoms with van der Waals surface area (Å²) in [6.07, 6.45) is 3.41. The van der Waals surface area contributed by atoms with E-state index in [1.165, 1.54) is 4.68 Å². The van der Waals surface area contributed by atoms with E-state index in [0.29, 0.717) is 31.9 Å². The second-order valence-corrected chi connectivity index (χ2v) is 7.80. The fourth-order valence-corrected chi connectivity index (χ4v) is 3.94. The van der Waals surface area contributed by atoms with Crippen LogP contribution in [0.2, 0.25) is 0 Å². The van der Waals surface area contributed by atoms with Crippen molar-refractivity contribution in [3.63, 3.8) is 0 Å². The number of benzene rings is 1. The third kappa shape index (κ3) is 4.17. The zero-order valence-corrected chi connectivity index (χ0v) is 17.6. The molecule has 8 heteroatoms. The average Bonchev–Trinajstić information content (AvgIpc) is 3.28. The van der Waals surface area contributed by atoms with Crippen LogP contribution >= 0.6 is 0 Å². The Bertz CT molecular complexity index is 1260. The molecule has 162 valence electrons. The first kappa shape index (κ1) is 20.1. The van der Waals surface area contributed by atoms with Crippen LogP contribution in [0.25, 0.3) is 22.2 Å². The molecule has 0 atom stereocenters. The van der Waals surface area contributed by atoms with Gasteiger partial charge in [0.25, 0.3) is 11.5 Å². The third-order valence-electron chi connectivity index (χ3n) is 5.77. The van der Waals surface area contributed by atoms with Crippen molar-refractivity contribution in [2.75, 3.05) is 32.7 Å². The zero-order chi connectivity index (χ0) is 21.9. The predicted octanol–water partition coefficient (Wildman–Crippen LogP) is 2.51. The van der Waals surface area contributed by atoms with Crippen LogP contribution in [0.3, 0.4) is 0 Å². The van der Waals surface area contributed by atoms with Gasteiger partial charge in [0, 0.05) is 62.1 Å². The summed E-state index contributed by atoms with van der Waals surface area (Å²) in [4.78, 5) is 33.2. The minimum atomic E-state index is -0.124. The summed E-state index contributed by atoms with van der Waals surface area (Å²) in [5.74, 6) is 0.298. The first-order chi connectivity index (χ1) is 15.7. The van der Waals surface area contributed by atoms with Gasteiger partial charge in [0.2, 0.25) is 0 Å². The number of hydrogen-bond acceptors (Lipinski definition) is 6. The van der Waals surface area contributed by atoms with E-state index < -0.39 is 0 Å². The van der Waals surface area contributed by atoms with Gasteiger partial charge in [-0.2, -0.15) is 5.10 Å². The molecule has 0 N–H and O–H groups in total. The van der Waals surface area contributed by atoms with Gasteiger partial charge in [-0.1, -0.05) is 18.2 Å². The molecule has 1 aliphatic heterocycles. The molecule has 4 aromatic rings. The molecule has 8 nitrogen and oxygen atoms in total. The fraction of sp³-hybridized carbons (Fsp3) is 0.250. The van der Waals surface area contributed by atoms with Crippen LogP contribution in [0, 0.1) is 0 Å². The first-order valence-electron chi connectivity index (χ1n) is 10.7. The number of piperazine rings is 1. The summed E-state index contributed by atoms with van der Waals surface area (Å²) in [7, 11) is 0. The molecular formula is C24H23N5O3. The van der Waals surface area contributed by atoms with Gasteiger partial charge in [-0.25, -0.2) is 4.68 Å². The highest BCUT2D eigenvalue weighted by molar-refractivity contribution is 5.96. The lowest BCUT2D eigenvalue weighted by atomic mass is 10.2. The molecule has 5 rings (SSSR count). The Kier molecular flexibility index (Phi) is 5.51. The third-order valence-corrected chi connectivity index (χ3v) is 5.77. The molecule has 3 aromatic heterocycles. The molecule has 1 fully saturated rings. The Morgan fingerprint density at radius 1 is 0.938 bits per heavy atom. The van der Waals surface area contributed by atoms with Gasteiger partial charge < -0.3 is 9.32 Å². The second kappa shape index (κ2) is 8.76. The first-order valence-corrected chi connectivity index (χ1v) is 10.7. The van der Waals surface area contributed by atoms with Crippen molar-refractivity contribution in [2.45, 2.75) is 6.54 Å². The molecule has 4 heterocycles. The van der Waals surface area contributed by atoms with Gasteiger partial charge in [0.1, 0.15) is 5.58 Å². The van der Waals surface area contributed by atoms with Gasteiger partial charge in [-0.05, 0) is 30.3 Å². The Labute approximate surface area is 184 Å². The number of pyridine rings is 1. The van der Waals surface area contributed by atoms with Crippen molar-refractivity contribution in [3.8, 4) is 11.3 Å². The fourth-order valence-electron chi connectivity index (χ4n) is 3.94. The van der Waals surface area contributed by atoms with Crippen LogP contribution in [0.1, 0.15) is 10.6 Å². The minimum Gasteiger partial charge on any atom is -0.451 e. The molecule has 1 aliphatic rings. The number of nitrogens with zero attached hydrogens (tertiary/aromatic N) is 5. The summed E-state index contributed by atoms with van der Waals surface area (Å²) in [6.45, 7) is 3.91. The largest absolute Gasteiger partial charge is 0.451 e. The lowest BCUT2D eigenvalue weighted by Crippen LogP contribution is -2.49. The lowest BCUT2D eigenvalue weighted by molar-refractivity contribution is 0.0603. The van der Waals surface area contributed by atoms with E-state index in [0.717, 1.165) is 35.3 Å². The number of rotatable bonds is 5. The summed E-state index contributed by atoms with van der Waals surface area (Å²) in [6, 6.07) is 16.5. The smallest absolute Gasteiger partial charge is 0.289 e. The molecule has 32 heavy (non-hydrogen) atoms. The van der Waals surface area contributed by atoms with Crippen molar-refractivity contribution < 1.29 is 9.21 Å². The number of amides is 1. The normalized spacial score (nSPS) is 14.7. The van der Waals surface area contributed by atoms with Crippen LogP contribution in [0.5, 0.6) is 0 Å². The van der Waals surface area contributed by atoms with Gasteiger partial charge >= 0.3 is 0 Å². The summed E-state index contributed by atoms with van der Waals surface area (Å²) < 4.78 is 7.22. The maximum Gasteiger partial charge on any atom is 0.289 e. The maximum atomic E-state index is 12.8. The zero-order valence-electron chi connectivity index (χ0n) is 17.6. The topological polar surface area (TPSA) is 84.5 Å². The highest BCUT2D eigenvalue weighted by Crippen LogP contribution is 2.20. The van der Waals surface area contributed by atoms with Crippen molar-refractivity contribution in [1.29, 1.82) is 0 Å². The number of furan rings is 1. The van der Waals surface area contributed by atoms with E-state index in [4.69, 9.17) is 4.42 Å². The van der Waals surface area contributed by atoms with Gasteiger partial charge in [0.15, 0.2) is 5.76 Å². The van der Waals surface area contributed by atoms with Crippen molar-refractivity contribution in [2.24, 2.45) is 0 Å². The summed E-state index contributed by atoms with van der Waals surface area (Å²) >= 11 is 0. The molecule has 0 radical (unpaired) electrons. The van der Waals surface area contributed by atoms with Crippen LogP contribution in [-0.2, 0) is 6.54 Å². The second-order valence-electron chi connectivity index (χ2n) is 7.80. The van der Waals surface area contributed by atoms with E-state index in [1.807, 2.05) is 41.3 Å². The van der Waals surface area contributed by atoms with E-state index in [-0.39, 0.29) is 11.5 Å². The maximum absolute atomic E-state index is 12.8. The van der Waals surface area contributed by atoms with E-state index in [1.54, 1.807) is 30.6 Å². The van der Waals surface area contributed by atoms with Gasteiger partial charge in [-0.3, -0.25) is 19.5 Å². The molecule has 0 saturated carbocycles. The number of fused-ring (bicyclic) bond motifs is 1. The van der Waals surface area contributed by atoms with Crippen LogP contribution in [-0.4, -0.2) is 63.2 Å². The molecule has 1 saturated heterocycles. The molecule has 0 bridgehead atoms. The number of aromatic nitrogens is 3. The standard InChI is InChI=1S/C24H23N5O3/c30-23-6-5-20(18-7-9-25-10-8-18)26-29(23)16-13-27-11-14-28(15-12-27)24(31)22-17-19-3-1-2-4-21(19)32-22/h1-10,17H,11-16H2. The molecule has 1 amide bonds. The molecular weight excluding hydrogens is 406 g/mol. The Hall–Kier alpha value is -3.78. The number of para-hydroxylation sites is 1. The van der Waals surface area contributed by atoms with Crippen LogP contribution in [0.15, 0.2) is 76.2 Å². The van der Waals surface area contributed by atoms with Crippen LogP contribution < -0.4 is 5.56 Å². The van der Waals surface area contributed by atoms with E-state index in [9.17, 15) is 9.59 Å². The number of hydrogen-bond donors (Lipinski definition) is 0. The Morgan fingerprint density at radius 2 is 1.72 bits per heavy atom. The Morgan fingerprint density at radius 3 is 2.50 bits per heavy atom. The monoisotopic (exact) mass is 429 g/mol. The lowest BCUT2D eigenvalue weighted by Gasteiger charge is -2.34. The predicted molar refractivity (Wildman–Crippen MR) is 120 cm³/mol. The number of carbonyl (C=O) groups excluding carboxylic acids is 1. The molecule has 0 aliphatic carbocycles. The van der Waals surface area contributed by atoms with Gasteiger partial charge in [0.05, 0.1) is 12.2 Å². The highest BCUT2D eigenvalue weighted by Gasteiger charge is 2.24. The Balaban J connectivity index is 1.18. The summed E-state index contributed by atoms with van der Waals surface area (Å²) in [5.41, 5.74) is 2.27. The van der Waals surface area contributed by atoms with E-state index >= 15 is 0 Å². The van der Waals surface area contributed by atoms with Crippen molar-refractivity contribution in [3.05, 3.63) is 83.1 Å². The summed E-state index contributed by atoms with van der Waals surface area (Å²) in [5, 5.41) is 5.44. The van der Waals surface area contributed by atoms with Gasteiger partial charge in [-0.15, -0.1) is 0 Å². The van der Waals surface area contributed by atoms with Crippen molar-refractivity contribution in [1.82, 2.24) is 24.6 Å². The average molecular weight is 429 g/mol. The highest BCUT2D eigenvalue weighted by atomic mass is 16.3. The SMILES string of the molecule is O=C(c1cc2ccccc2o1)N1CCN(CCn2nc(-c3ccncc3)ccc2=O)CC1. The number of carbonyl (C=O) groups is 1. The van der Waals surface area contributed by atoms with Crippen LogP contribution in [0.4, 0.5) is 0 Å². The van der Waals surface area contributed by atoms with E-state index in [2.05, 4.69) is 15.0 Å². The quantitative estimate of drug-likeness (QED) is 0.485. The molecule has 0 spiro atoms.